The van der Waals surface area contributed by atoms with Crippen LogP contribution >= 0.6 is 23.2 Å². The van der Waals surface area contributed by atoms with E-state index in [-0.39, 0.29) is 36.7 Å². The maximum absolute atomic E-state index is 12.3. The smallest absolute Gasteiger partial charge is 0.315 e. The number of nitrogens with zero attached hydrogens (tertiary/aromatic N) is 1. The van der Waals surface area contributed by atoms with E-state index in [2.05, 4.69) is 16.0 Å². The van der Waals surface area contributed by atoms with E-state index < -0.39 is 27.0 Å². The summed E-state index contributed by atoms with van der Waals surface area (Å²) in [5.74, 6) is -0.727. The van der Waals surface area contributed by atoms with E-state index in [1.54, 1.807) is 18.2 Å². The quantitative estimate of drug-likeness (QED) is 0.378. The molecule has 1 aromatic carbocycles. The highest BCUT2D eigenvalue weighted by molar-refractivity contribution is 7.92. The fraction of sp³-hybridized carbons (Fsp3) is 0.526. The average molecular weight is 491 g/mol. The normalized spacial score (nSPS) is 23.6. The first-order chi connectivity index (χ1) is 14.6. The monoisotopic (exact) mass is 490 g/mol. The van der Waals surface area contributed by atoms with Gasteiger partial charge in [0.25, 0.3) is 0 Å². The van der Waals surface area contributed by atoms with Gasteiger partial charge in [0, 0.05) is 13.5 Å². The molecule has 0 saturated carbocycles. The molecule has 0 bridgehead atoms. The summed E-state index contributed by atoms with van der Waals surface area (Å²) in [5.41, 5.74) is 0.293. The highest BCUT2D eigenvalue weighted by Gasteiger charge is 2.51. The summed E-state index contributed by atoms with van der Waals surface area (Å²) < 4.78 is 24.6. The van der Waals surface area contributed by atoms with Crippen LogP contribution in [-0.4, -0.2) is 67.8 Å². The van der Waals surface area contributed by atoms with E-state index in [1.807, 2.05) is 0 Å². The van der Waals surface area contributed by atoms with E-state index in [0.717, 1.165) is 0 Å². The van der Waals surface area contributed by atoms with Gasteiger partial charge in [0.05, 0.1) is 45.4 Å². The Bertz CT molecular complexity index is 967. The standard InChI is InChI=1S/C19H24Cl2N4O5S/c1-25(9-15(26)23-17-11(20)5-4-6-12(17)21)16(27)8-3-2-7-14-18-13(10-31(14,29)30)22-19(28)24-18/h4-6,13-14,18H,2-3,7-10H2,1H3,(H,23,26)(H2,22,24,28)/t13-,14-,18+/m1/s1. The Hall–Kier alpha value is -2.04. The molecule has 2 saturated heterocycles. The third-order valence-electron chi connectivity index (χ3n) is 5.48. The molecule has 0 aliphatic carbocycles. The summed E-state index contributed by atoms with van der Waals surface area (Å²) >= 11 is 12.0. The fourth-order valence-corrected chi connectivity index (χ4v) is 6.68. The summed E-state index contributed by atoms with van der Waals surface area (Å²) in [5, 5.41) is 7.85. The van der Waals surface area contributed by atoms with Crippen LogP contribution in [0.15, 0.2) is 18.2 Å². The number of hydrogen-bond donors (Lipinski definition) is 3. The van der Waals surface area contributed by atoms with E-state index in [1.165, 1.54) is 11.9 Å². The summed E-state index contributed by atoms with van der Waals surface area (Å²) in [4.78, 5) is 37.3. The molecule has 12 heteroatoms. The number of nitrogens with one attached hydrogen (secondary N) is 3. The van der Waals surface area contributed by atoms with Crippen LogP contribution in [0.1, 0.15) is 25.7 Å². The number of fused-ring (bicyclic) bond motifs is 1. The molecule has 2 aliphatic rings. The van der Waals surface area contributed by atoms with Gasteiger partial charge < -0.3 is 20.9 Å². The molecule has 3 rings (SSSR count). The lowest BCUT2D eigenvalue weighted by atomic mass is 10.0. The zero-order chi connectivity index (χ0) is 22.8. The summed E-state index contributed by atoms with van der Waals surface area (Å²) in [7, 11) is -1.77. The molecule has 2 heterocycles. The number of urea groups is 1. The van der Waals surface area contributed by atoms with E-state index in [0.29, 0.717) is 35.0 Å². The molecule has 4 amide bonds. The van der Waals surface area contributed by atoms with Gasteiger partial charge in [0.15, 0.2) is 9.84 Å². The Balaban J connectivity index is 1.42. The predicted molar refractivity (Wildman–Crippen MR) is 118 cm³/mol. The van der Waals surface area contributed by atoms with Gasteiger partial charge >= 0.3 is 6.03 Å². The number of unbranched alkanes of at least 4 members (excludes halogenated alkanes) is 1. The Morgan fingerprint density at radius 2 is 1.87 bits per heavy atom. The summed E-state index contributed by atoms with van der Waals surface area (Å²) in [6.07, 6.45) is 1.55. The maximum atomic E-state index is 12.3. The largest absolute Gasteiger partial charge is 0.336 e. The second-order valence-corrected chi connectivity index (χ2v) is 10.8. The summed E-state index contributed by atoms with van der Waals surface area (Å²) in [6, 6.07) is 3.69. The molecule has 170 valence electrons. The molecule has 3 atom stereocenters. The minimum Gasteiger partial charge on any atom is -0.336 e. The van der Waals surface area contributed by atoms with Crippen molar-refractivity contribution in [3.8, 4) is 0 Å². The Labute approximate surface area is 190 Å². The summed E-state index contributed by atoms with van der Waals surface area (Å²) in [6.45, 7) is -0.168. The number of amides is 4. The van der Waals surface area contributed by atoms with Crippen LogP contribution in [0.5, 0.6) is 0 Å². The molecule has 1 aromatic rings. The molecule has 0 radical (unpaired) electrons. The molecular formula is C19H24Cl2N4O5S. The lowest BCUT2D eigenvalue weighted by Gasteiger charge is -2.18. The van der Waals surface area contributed by atoms with Crippen LogP contribution in [0.2, 0.25) is 10.0 Å². The Morgan fingerprint density at radius 3 is 2.55 bits per heavy atom. The molecule has 9 nitrogen and oxygen atoms in total. The first kappa shape index (κ1) is 23.6. The van der Waals surface area contributed by atoms with Gasteiger partial charge in [-0.3, -0.25) is 9.59 Å². The highest BCUT2D eigenvalue weighted by atomic mass is 35.5. The molecule has 0 aromatic heterocycles. The fourth-order valence-electron chi connectivity index (χ4n) is 3.92. The Kier molecular flexibility index (Phi) is 7.33. The minimum absolute atomic E-state index is 0.0622. The van der Waals surface area contributed by atoms with Gasteiger partial charge in [-0.25, -0.2) is 13.2 Å². The maximum Gasteiger partial charge on any atom is 0.315 e. The van der Waals surface area contributed by atoms with Crippen LogP contribution in [0.25, 0.3) is 0 Å². The number of hydrogen-bond acceptors (Lipinski definition) is 5. The highest BCUT2D eigenvalue weighted by Crippen LogP contribution is 2.30. The third-order valence-corrected chi connectivity index (χ3v) is 8.39. The van der Waals surface area contributed by atoms with Crippen molar-refractivity contribution in [1.29, 1.82) is 0 Å². The number of likely N-dealkylation sites (N-methyl/N-ethyl adjacent to an activating group) is 1. The van der Waals surface area contributed by atoms with Crippen molar-refractivity contribution < 1.29 is 22.8 Å². The number of anilines is 1. The van der Waals surface area contributed by atoms with Gasteiger partial charge in [0.1, 0.15) is 0 Å². The van der Waals surface area contributed by atoms with Gasteiger partial charge in [-0.1, -0.05) is 35.7 Å². The predicted octanol–water partition coefficient (Wildman–Crippen LogP) is 1.80. The van der Waals surface area contributed by atoms with Crippen molar-refractivity contribution in [1.82, 2.24) is 15.5 Å². The van der Waals surface area contributed by atoms with E-state index >= 15 is 0 Å². The second-order valence-electron chi connectivity index (χ2n) is 7.76. The first-order valence-electron chi connectivity index (χ1n) is 9.85. The molecular weight excluding hydrogens is 467 g/mol. The molecule has 0 unspecified atom stereocenters. The molecule has 2 aliphatic heterocycles. The average Bonchev–Trinajstić information content (AvgIpc) is 3.13. The zero-order valence-corrected chi connectivity index (χ0v) is 19.2. The van der Waals surface area contributed by atoms with Gasteiger partial charge in [-0.05, 0) is 25.0 Å². The zero-order valence-electron chi connectivity index (χ0n) is 16.9. The lowest BCUT2D eigenvalue weighted by molar-refractivity contribution is -0.133. The molecule has 0 spiro atoms. The number of carbonyl (C=O) groups is 3. The van der Waals surface area contributed by atoms with Crippen molar-refractivity contribution in [3.63, 3.8) is 0 Å². The van der Waals surface area contributed by atoms with Crippen LogP contribution in [0.3, 0.4) is 0 Å². The molecule has 3 N–H and O–H groups in total. The van der Waals surface area contributed by atoms with E-state index in [9.17, 15) is 22.8 Å². The van der Waals surface area contributed by atoms with Crippen LogP contribution in [0, 0.1) is 0 Å². The van der Waals surface area contributed by atoms with Gasteiger partial charge in [-0.15, -0.1) is 0 Å². The number of para-hydroxylation sites is 1. The second kappa shape index (κ2) is 9.62. The van der Waals surface area contributed by atoms with Crippen molar-refractivity contribution in [3.05, 3.63) is 28.2 Å². The number of rotatable bonds is 8. The van der Waals surface area contributed by atoms with Gasteiger partial charge in [-0.2, -0.15) is 0 Å². The number of benzene rings is 1. The Morgan fingerprint density at radius 1 is 1.19 bits per heavy atom. The van der Waals surface area contributed by atoms with Crippen molar-refractivity contribution in [2.45, 2.75) is 43.0 Å². The van der Waals surface area contributed by atoms with Crippen molar-refractivity contribution in [2.24, 2.45) is 0 Å². The minimum atomic E-state index is -3.29. The van der Waals surface area contributed by atoms with Crippen LogP contribution in [0.4, 0.5) is 10.5 Å². The van der Waals surface area contributed by atoms with Crippen LogP contribution in [-0.2, 0) is 19.4 Å². The van der Waals surface area contributed by atoms with Crippen molar-refractivity contribution >= 4 is 56.6 Å². The van der Waals surface area contributed by atoms with Gasteiger partial charge in [0.2, 0.25) is 11.8 Å². The lowest BCUT2D eigenvalue weighted by Crippen LogP contribution is -2.39. The molecule has 2 fully saturated rings. The van der Waals surface area contributed by atoms with E-state index in [4.69, 9.17) is 23.2 Å². The molecule has 31 heavy (non-hydrogen) atoms. The number of halogens is 2. The topological polar surface area (TPSA) is 125 Å². The number of sulfone groups is 1. The first-order valence-corrected chi connectivity index (χ1v) is 12.3. The SMILES string of the molecule is CN(CC(=O)Nc1c(Cl)cccc1Cl)C(=O)CCCC[C@@H]1[C@H]2NC(=O)N[C@@H]2CS1(=O)=O. The third kappa shape index (κ3) is 5.61. The van der Waals surface area contributed by atoms with Crippen LogP contribution < -0.4 is 16.0 Å². The van der Waals surface area contributed by atoms with Crippen molar-refractivity contribution in [2.75, 3.05) is 24.7 Å². The number of carbonyl (C=O) groups excluding carboxylic acids is 3.